The summed E-state index contributed by atoms with van der Waals surface area (Å²) in [5, 5.41) is 8.89. The second-order valence-corrected chi connectivity index (χ2v) is 3.75. The minimum Gasteiger partial charge on any atom is -0.489 e. The number of rotatable bonds is 2. The number of fused-ring (bicyclic) bond motifs is 1. The predicted molar refractivity (Wildman–Crippen MR) is 59.0 cm³/mol. The fourth-order valence-corrected chi connectivity index (χ4v) is 1.51. The van der Waals surface area contributed by atoms with Crippen LogP contribution in [0.15, 0.2) is 12.3 Å². The van der Waals surface area contributed by atoms with Crippen LogP contribution in [0.25, 0.3) is 11.2 Å². The lowest BCUT2D eigenvalue weighted by Crippen LogP contribution is -2.06. The summed E-state index contributed by atoms with van der Waals surface area (Å²) in [5.74, 6) is 0.999. The Balaban J connectivity index is 2.65. The molecule has 0 aliphatic carbocycles. The number of aromatic nitrogens is 3. The summed E-state index contributed by atoms with van der Waals surface area (Å²) in [7, 11) is 1.76. The van der Waals surface area contributed by atoms with Crippen LogP contribution in [0.1, 0.15) is 19.7 Å². The predicted octanol–water partition coefficient (Wildman–Crippen LogP) is 1.63. The van der Waals surface area contributed by atoms with Gasteiger partial charge in [0, 0.05) is 19.3 Å². The van der Waals surface area contributed by atoms with Crippen molar-refractivity contribution in [2.24, 2.45) is 7.05 Å². The van der Waals surface area contributed by atoms with Gasteiger partial charge in [-0.1, -0.05) is 0 Å². The van der Waals surface area contributed by atoms with Crippen molar-refractivity contribution in [1.29, 1.82) is 5.26 Å². The molecule has 0 spiro atoms. The highest BCUT2D eigenvalue weighted by molar-refractivity contribution is 5.79. The molecule has 0 radical (unpaired) electrons. The normalized spacial score (nSPS) is 10.7. The highest BCUT2D eigenvalue weighted by Crippen LogP contribution is 2.24. The molecule has 2 rings (SSSR count). The van der Waals surface area contributed by atoms with Crippen LogP contribution < -0.4 is 4.74 Å². The van der Waals surface area contributed by atoms with Crippen LogP contribution in [0, 0.1) is 11.3 Å². The molecule has 0 atom stereocenters. The molecular formula is C11H12N4O. The van der Waals surface area contributed by atoms with Crippen molar-refractivity contribution < 1.29 is 4.74 Å². The maximum Gasteiger partial charge on any atom is 0.214 e. The summed E-state index contributed by atoms with van der Waals surface area (Å²) in [6, 6.07) is 3.78. The zero-order chi connectivity index (χ0) is 11.7. The number of ether oxygens (including phenoxy) is 1. The smallest absolute Gasteiger partial charge is 0.214 e. The van der Waals surface area contributed by atoms with Crippen molar-refractivity contribution in [3.8, 4) is 11.8 Å². The third kappa shape index (κ3) is 1.58. The molecule has 2 heterocycles. The number of nitriles is 1. The molecule has 2 aromatic heterocycles. The van der Waals surface area contributed by atoms with Crippen LogP contribution in [0.3, 0.4) is 0 Å². The monoisotopic (exact) mass is 216 g/mol. The Bertz CT molecular complexity index is 565. The van der Waals surface area contributed by atoms with E-state index in [-0.39, 0.29) is 6.10 Å². The average molecular weight is 216 g/mol. The van der Waals surface area contributed by atoms with Gasteiger partial charge in [-0.2, -0.15) is 5.26 Å². The fraction of sp³-hybridized carbons (Fsp3) is 0.364. The molecule has 0 saturated carbocycles. The highest BCUT2D eigenvalue weighted by Gasteiger charge is 2.13. The van der Waals surface area contributed by atoms with E-state index < -0.39 is 0 Å². The van der Waals surface area contributed by atoms with E-state index in [4.69, 9.17) is 10.00 Å². The van der Waals surface area contributed by atoms with Crippen LogP contribution >= 0.6 is 0 Å². The Kier molecular flexibility index (Phi) is 2.49. The summed E-state index contributed by atoms with van der Waals surface area (Å²) in [5.41, 5.74) is 1.30. The minimum atomic E-state index is 0.0677. The lowest BCUT2D eigenvalue weighted by molar-refractivity contribution is 0.245. The first-order chi connectivity index (χ1) is 7.63. The molecule has 0 aromatic carbocycles. The van der Waals surface area contributed by atoms with E-state index in [9.17, 15) is 0 Å². The van der Waals surface area contributed by atoms with Gasteiger partial charge in [0.2, 0.25) is 5.82 Å². The zero-order valence-corrected chi connectivity index (χ0v) is 9.43. The lowest BCUT2D eigenvalue weighted by Gasteiger charge is -2.09. The van der Waals surface area contributed by atoms with Gasteiger partial charge in [0.1, 0.15) is 6.07 Å². The highest BCUT2D eigenvalue weighted by atomic mass is 16.5. The first kappa shape index (κ1) is 10.4. The molecule has 5 nitrogen and oxygen atoms in total. The Hall–Kier alpha value is -2.09. The van der Waals surface area contributed by atoms with E-state index in [1.54, 1.807) is 23.9 Å². The van der Waals surface area contributed by atoms with Gasteiger partial charge < -0.3 is 9.30 Å². The van der Waals surface area contributed by atoms with E-state index >= 15 is 0 Å². The lowest BCUT2D eigenvalue weighted by atomic mass is 10.4. The van der Waals surface area contributed by atoms with Gasteiger partial charge >= 0.3 is 0 Å². The van der Waals surface area contributed by atoms with E-state index in [1.807, 2.05) is 19.9 Å². The maximum atomic E-state index is 8.89. The maximum absolute atomic E-state index is 8.89. The van der Waals surface area contributed by atoms with Gasteiger partial charge in [0.25, 0.3) is 0 Å². The fourth-order valence-electron chi connectivity index (χ4n) is 1.51. The van der Waals surface area contributed by atoms with Crippen LogP contribution in [-0.4, -0.2) is 20.6 Å². The van der Waals surface area contributed by atoms with Crippen LogP contribution in [0.5, 0.6) is 5.75 Å². The number of nitrogens with zero attached hydrogens (tertiary/aromatic N) is 4. The van der Waals surface area contributed by atoms with Gasteiger partial charge in [-0.25, -0.2) is 9.97 Å². The third-order valence-electron chi connectivity index (χ3n) is 2.18. The van der Waals surface area contributed by atoms with Crippen molar-refractivity contribution in [2.45, 2.75) is 20.0 Å². The number of imidazole rings is 1. The van der Waals surface area contributed by atoms with Crippen molar-refractivity contribution in [3.63, 3.8) is 0 Å². The molecule has 0 aliphatic rings. The van der Waals surface area contributed by atoms with E-state index in [0.29, 0.717) is 22.7 Å². The van der Waals surface area contributed by atoms with Crippen molar-refractivity contribution >= 4 is 11.2 Å². The molecule has 0 fully saturated rings. The Morgan fingerprint density at radius 3 is 2.88 bits per heavy atom. The molecular weight excluding hydrogens is 204 g/mol. The quantitative estimate of drug-likeness (QED) is 0.765. The SMILES string of the molecule is CC(C)Oc1ccnc2c1nc(C#N)n2C. The summed E-state index contributed by atoms with van der Waals surface area (Å²) >= 11 is 0. The largest absolute Gasteiger partial charge is 0.489 e. The van der Waals surface area contributed by atoms with Crippen LogP contribution in [0.4, 0.5) is 0 Å². The molecule has 0 amide bonds. The molecule has 82 valence electrons. The van der Waals surface area contributed by atoms with Gasteiger partial charge in [0.05, 0.1) is 6.10 Å². The Morgan fingerprint density at radius 1 is 1.50 bits per heavy atom. The van der Waals surface area contributed by atoms with Crippen molar-refractivity contribution in [1.82, 2.24) is 14.5 Å². The van der Waals surface area contributed by atoms with Gasteiger partial charge in [-0.05, 0) is 13.8 Å². The molecule has 16 heavy (non-hydrogen) atoms. The van der Waals surface area contributed by atoms with E-state index in [0.717, 1.165) is 0 Å². The number of pyridine rings is 1. The van der Waals surface area contributed by atoms with Crippen LogP contribution in [0.2, 0.25) is 0 Å². The van der Waals surface area contributed by atoms with Gasteiger partial charge in [-0.3, -0.25) is 0 Å². The second-order valence-electron chi connectivity index (χ2n) is 3.75. The topological polar surface area (TPSA) is 63.7 Å². The summed E-state index contributed by atoms with van der Waals surface area (Å²) < 4.78 is 7.27. The van der Waals surface area contributed by atoms with E-state index in [2.05, 4.69) is 9.97 Å². The summed E-state index contributed by atoms with van der Waals surface area (Å²) in [4.78, 5) is 8.38. The summed E-state index contributed by atoms with van der Waals surface area (Å²) in [6.07, 6.45) is 1.72. The number of aryl methyl sites for hydroxylation is 1. The average Bonchev–Trinajstić information content (AvgIpc) is 2.56. The van der Waals surface area contributed by atoms with Crippen molar-refractivity contribution in [2.75, 3.05) is 0 Å². The molecule has 5 heteroatoms. The molecule has 0 unspecified atom stereocenters. The number of hydrogen-bond acceptors (Lipinski definition) is 4. The first-order valence-corrected chi connectivity index (χ1v) is 5.01. The van der Waals surface area contributed by atoms with Gasteiger partial charge in [-0.15, -0.1) is 0 Å². The minimum absolute atomic E-state index is 0.0677. The standard InChI is InChI=1S/C11H12N4O/c1-7(2)16-8-4-5-13-11-10(8)14-9(6-12)15(11)3/h4-5,7H,1-3H3. The van der Waals surface area contributed by atoms with Crippen LogP contribution in [-0.2, 0) is 7.05 Å². The van der Waals surface area contributed by atoms with Gasteiger partial charge in [0.15, 0.2) is 16.9 Å². The zero-order valence-electron chi connectivity index (χ0n) is 9.43. The first-order valence-electron chi connectivity index (χ1n) is 5.01. The Labute approximate surface area is 93.3 Å². The molecule has 0 bridgehead atoms. The Morgan fingerprint density at radius 2 is 2.25 bits per heavy atom. The van der Waals surface area contributed by atoms with Crippen molar-refractivity contribution in [3.05, 3.63) is 18.1 Å². The molecule has 2 aromatic rings. The third-order valence-corrected chi connectivity index (χ3v) is 2.18. The van der Waals surface area contributed by atoms with E-state index in [1.165, 1.54) is 0 Å². The second kappa shape index (κ2) is 3.81. The molecule has 0 saturated heterocycles. The molecule has 0 N–H and O–H groups in total. The number of hydrogen-bond donors (Lipinski definition) is 0. The molecule has 0 aliphatic heterocycles. The summed E-state index contributed by atoms with van der Waals surface area (Å²) in [6.45, 7) is 3.89.